The third-order valence-corrected chi connectivity index (χ3v) is 6.34. The van der Waals surface area contributed by atoms with Crippen LogP contribution in [0.1, 0.15) is 32.9 Å². The fourth-order valence-corrected chi connectivity index (χ4v) is 4.57. The van der Waals surface area contributed by atoms with Crippen molar-refractivity contribution in [3.8, 4) is 0 Å². The SMILES string of the molecule is NCCCNC(=O)c1sccc1Cc1nn(Cc2ccccc2)c(=O)c2ccc(Cl)cc12. The van der Waals surface area contributed by atoms with Crippen molar-refractivity contribution in [3.63, 3.8) is 0 Å². The van der Waals surface area contributed by atoms with E-state index in [4.69, 9.17) is 17.3 Å². The number of fused-ring (bicyclic) bond motifs is 1. The van der Waals surface area contributed by atoms with Crippen molar-refractivity contribution in [1.82, 2.24) is 15.1 Å². The number of halogens is 1. The Balaban J connectivity index is 1.73. The van der Waals surface area contributed by atoms with Crippen LogP contribution in [0.25, 0.3) is 10.8 Å². The number of carbonyl (C=O) groups is 1. The summed E-state index contributed by atoms with van der Waals surface area (Å²) in [6.45, 7) is 1.42. The maximum absolute atomic E-state index is 13.1. The average molecular weight is 467 g/mol. The van der Waals surface area contributed by atoms with Crippen LogP contribution in [0, 0.1) is 0 Å². The van der Waals surface area contributed by atoms with Crippen LogP contribution in [0.5, 0.6) is 0 Å². The van der Waals surface area contributed by atoms with Gasteiger partial charge in [0.1, 0.15) is 0 Å². The van der Waals surface area contributed by atoms with Gasteiger partial charge in [-0.15, -0.1) is 11.3 Å². The summed E-state index contributed by atoms with van der Waals surface area (Å²) in [6, 6.07) is 16.9. The van der Waals surface area contributed by atoms with Gasteiger partial charge in [-0.3, -0.25) is 9.59 Å². The highest BCUT2D eigenvalue weighted by molar-refractivity contribution is 7.12. The molecule has 4 rings (SSSR count). The lowest BCUT2D eigenvalue weighted by molar-refractivity contribution is 0.0957. The van der Waals surface area contributed by atoms with E-state index in [2.05, 4.69) is 10.4 Å². The third-order valence-electron chi connectivity index (χ3n) is 5.15. The van der Waals surface area contributed by atoms with E-state index in [1.165, 1.54) is 16.0 Å². The minimum Gasteiger partial charge on any atom is -0.351 e. The van der Waals surface area contributed by atoms with E-state index >= 15 is 0 Å². The van der Waals surface area contributed by atoms with E-state index < -0.39 is 0 Å². The molecule has 2 aromatic heterocycles. The van der Waals surface area contributed by atoms with Gasteiger partial charge < -0.3 is 11.1 Å². The summed E-state index contributed by atoms with van der Waals surface area (Å²) in [5.41, 5.74) is 7.89. The maximum atomic E-state index is 13.1. The van der Waals surface area contributed by atoms with Crippen molar-refractivity contribution in [2.24, 2.45) is 5.73 Å². The quantitative estimate of drug-likeness (QED) is 0.386. The van der Waals surface area contributed by atoms with Gasteiger partial charge in [-0.1, -0.05) is 41.9 Å². The smallest absolute Gasteiger partial charge is 0.274 e. The Hall–Kier alpha value is -3.00. The summed E-state index contributed by atoms with van der Waals surface area (Å²) < 4.78 is 1.48. The van der Waals surface area contributed by atoms with Crippen molar-refractivity contribution in [3.05, 3.63) is 97.1 Å². The van der Waals surface area contributed by atoms with E-state index in [-0.39, 0.29) is 11.5 Å². The number of thiophene rings is 1. The van der Waals surface area contributed by atoms with Crippen LogP contribution in [0.2, 0.25) is 5.02 Å². The molecule has 2 aromatic carbocycles. The first kappa shape index (κ1) is 22.2. The van der Waals surface area contributed by atoms with Crippen molar-refractivity contribution in [2.75, 3.05) is 13.1 Å². The normalized spacial score (nSPS) is 11.1. The first-order valence-corrected chi connectivity index (χ1v) is 11.6. The monoisotopic (exact) mass is 466 g/mol. The van der Waals surface area contributed by atoms with E-state index in [0.717, 1.165) is 17.5 Å². The summed E-state index contributed by atoms with van der Waals surface area (Å²) in [4.78, 5) is 26.4. The molecule has 0 saturated carbocycles. The molecule has 0 spiro atoms. The van der Waals surface area contributed by atoms with Crippen molar-refractivity contribution in [2.45, 2.75) is 19.4 Å². The Morgan fingerprint density at radius 3 is 2.72 bits per heavy atom. The van der Waals surface area contributed by atoms with Crippen LogP contribution < -0.4 is 16.6 Å². The van der Waals surface area contributed by atoms with Gasteiger partial charge in [0.15, 0.2) is 0 Å². The molecule has 0 radical (unpaired) electrons. The zero-order valence-electron chi connectivity index (χ0n) is 17.4. The molecule has 1 amide bonds. The Morgan fingerprint density at radius 2 is 1.94 bits per heavy atom. The summed E-state index contributed by atoms with van der Waals surface area (Å²) in [6.07, 6.45) is 1.14. The second kappa shape index (κ2) is 10.1. The molecule has 3 N–H and O–H groups in total. The van der Waals surface area contributed by atoms with Crippen molar-refractivity contribution < 1.29 is 4.79 Å². The molecule has 2 heterocycles. The van der Waals surface area contributed by atoms with E-state index in [1.807, 2.05) is 41.8 Å². The highest BCUT2D eigenvalue weighted by atomic mass is 35.5. The lowest BCUT2D eigenvalue weighted by Crippen LogP contribution is -2.27. The molecule has 0 saturated heterocycles. The molecular formula is C24H23ClN4O2S. The third kappa shape index (κ3) is 4.91. The van der Waals surface area contributed by atoms with Gasteiger partial charge in [0.25, 0.3) is 11.5 Å². The summed E-state index contributed by atoms with van der Waals surface area (Å²) in [5.74, 6) is -0.122. The fourth-order valence-electron chi connectivity index (χ4n) is 3.56. The van der Waals surface area contributed by atoms with Gasteiger partial charge >= 0.3 is 0 Å². The van der Waals surface area contributed by atoms with Gasteiger partial charge in [-0.2, -0.15) is 5.10 Å². The number of aromatic nitrogens is 2. The molecule has 0 atom stereocenters. The average Bonchev–Trinajstić information content (AvgIpc) is 3.26. The number of amides is 1. The second-order valence-electron chi connectivity index (χ2n) is 7.43. The van der Waals surface area contributed by atoms with Crippen LogP contribution in [-0.2, 0) is 13.0 Å². The molecule has 0 fully saturated rings. The topological polar surface area (TPSA) is 90.0 Å². The molecule has 0 aliphatic carbocycles. The number of benzene rings is 2. The van der Waals surface area contributed by atoms with Crippen molar-refractivity contribution >= 4 is 39.6 Å². The van der Waals surface area contributed by atoms with Crippen LogP contribution in [0.4, 0.5) is 0 Å². The van der Waals surface area contributed by atoms with Gasteiger partial charge in [0.2, 0.25) is 0 Å². The first-order valence-electron chi connectivity index (χ1n) is 10.3. The summed E-state index contributed by atoms with van der Waals surface area (Å²) in [5, 5.41) is 11.3. The molecule has 0 bridgehead atoms. The van der Waals surface area contributed by atoms with Gasteiger partial charge in [-0.05, 0) is 53.7 Å². The first-order chi connectivity index (χ1) is 15.6. The molecule has 4 aromatic rings. The number of nitrogens with one attached hydrogen (secondary N) is 1. The van der Waals surface area contributed by atoms with Crippen LogP contribution in [0.3, 0.4) is 0 Å². The number of rotatable bonds is 8. The fraction of sp³-hybridized carbons (Fsp3) is 0.208. The molecular weight excluding hydrogens is 444 g/mol. The number of hydrogen-bond acceptors (Lipinski definition) is 5. The van der Waals surface area contributed by atoms with E-state index in [9.17, 15) is 9.59 Å². The Kier molecular flexibility index (Phi) is 6.99. The number of nitrogens with two attached hydrogens (primary N) is 1. The van der Waals surface area contributed by atoms with Crippen molar-refractivity contribution in [1.29, 1.82) is 0 Å². The van der Waals surface area contributed by atoms with Crippen LogP contribution in [0.15, 0.2) is 64.8 Å². The minimum atomic E-state index is -0.172. The number of nitrogens with zero attached hydrogens (tertiary/aromatic N) is 2. The predicted molar refractivity (Wildman–Crippen MR) is 130 cm³/mol. The zero-order valence-corrected chi connectivity index (χ0v) is 19.0. The highest BCUT2D eigenvalue weighted by Crippen LogP contribution is 2.25. The maximum Gasteiger partial charge on any atom is 0.274 e. The molecule has 6 nitrogen and oxygen atoms in total. The van der Waals surface area contributed by atoms with Gasteiger partial charge in [-0.25, -0.2) is 4.68 Å². The molecule has 8 heteroatoms. The molecule has 32 heavy (non-hydrogen) atoms. The summed E-state index contributed by atoms with van der Waals surface area (Å²) >= 11 is 7.63. The molecule has 0 unspecified atom stereocenters. The Bertz CT molecular complexity index is 1300. The zero-order chi connectivity index (χ0) is 22.5. The van der Waals surface area contributed by atoms with Crippen LogP contribution in [-0.4, -0.2) is 28.8 Å². The van der Waals surface area contributed by atoms with E-state index in [0.29, 0.717) is 52.4 Å². The number of hydrogen-bond donors (Lipinski definition) is 2. The molecule has 164 valence electrons. The van der Waals surface area contributed by atoms with Crippen LogP contribution >= 0.6 is 22.9 Å². The Labute approximate surface area is 194 Å². The van der Waals surface area contributed by atoms with E-state index in [1.54, 1.807) is 18.2 Å². The molecule has 0 aliphatic rings. The largest absolute Gasteiger partial charge is 0.351 e. The lowest BCUT2D eigenvalue weighted by atomic mass is 10.0. The molecule has 0 aliphatic heterocycles. The summed E-state index contributed by atoms with van der Waals surface area (Å²) in [7, 11) is 0. The predicted octanol–water partition coefficient (Wildman–Crippen LogP) is 3.83. The standard InChI is InChI=1S/C24H23ClN4O2S/c25-18-7-8-19-20(14-18)21(28-29(24(19)31)15-16-5-2-1-3-6-16)13-17-9-12-32-22(17)23(30)27-11-4-10-26/h1-3,5-9,12,14H,4,10-11,13,15,26H2,(H,27,30). The number of carbonyl (C=O) groups excluding carboxylic acids is 1. The Morgan fingerprint density at radius 1 is 1.12 bits per heavy atom. The van der Waals surface area contributed by atoms with Gasteiger partial charge in [0.05, 0.1) is 22.5 Å². The lowest BCUT2D eigenvalue weighted by Gasteiger charge is -2.12. The highest BCUT2D eigenvalue weighted by Gasteiger charge is 2.17. The second-order valence-corrected chi connectivity index (χ2v) is 8.79. The minimum absolute atomic E-state index is 0.122. The van der Waals surface area contributed by atoms with Gasteiger partial charge in [0, 0.05) is 23.4 Å².